The van der Waals surface area contributed by atoms with Crippen LogP contribution in [0.1, 0.15) is 21.5 Å². The van der Waals surface area contributed by atoms with E-state index in [0.29, 0.717) is 23.4 Å². The summed E-state index contributed by atoms with van der Waals surface area (Å²) in [6, 6.07) is 18.4. The van der Waals surface area contributed by atoms with Crippen molar-refractivity contribution in [1.29, 1.82) is 0 Å². The third-order valence-corrected chi connectivity index (χ3v) is 6.08. The van der Waals surface area contributed by atoms with Gasteiger partial charge in [-0.3, -0.25) is 9.78 Å². The molecule has 1 amide bonds. The predicted octanol–water partition coefficient (Wildman–Crippen LogP) is 5.18. The molecule has 3 nitrogen and oxygen atoms in total. The molecule has 1 aromatic heterocycles. The van der Waals surface area contributed by atoms with E-state index in [4.69, 9.17) is 0 Å². The maximum Gasteiger partial charge on any atom is 0.251 e. The van der Waals surface area contributed by atoms with Crippen LogP contribution in [0.2, 0.25) is 0 Å². The lowest BCUT2D eigenvalue weighted by atomic mass is 10.2. The molecule has 0 saturated heterocycles. The highest BCUT2D eigenvalue weighted by atomic mass is 32.2. The normalized spacial score (nSPS) is 10.6. The van der Waals surface area contributed by atoms with Crippen LogP contribution in [0.15, 0.2) is 78.0 Å². The highest BCUT2D eigenvalue weighted by Gasteiger charge is 2.06. The molecule has 1 heterocycles. The van der Waals surface area contributed by atoms with Crippen LogP contribution in [0.5, 0.6) is 0 Å². The summed E-state index contributed by atoms with van der Waals surface area (Å²) in [5.74, 6) is 1.92. The predicted molar refractivity (Wildman–Crippen MR) is 115 cm³/mol. The fourth-order valence-electron chi connectivity index (χ4n) is 2.49. The third-order valence-electron chi connectivity index (χ3n) is 3.99. The standard InChI is InChI=1S/C22H21FN2OS2/c23-21-6-2-1-5-19(21)16-27-13-12-25-22(26)18-7-9-20(10-8-18)28-15-17-4-3-11-24-14-17/h1-11,14H,12-13,15-16H2,(H,25,26). The van der Waals surface area contributed by atoms with Crippen LogP contribution in [0, 0.1) is 5.82 Å². The Morgan fingerprint density at radius 1 is 1.00 bits per heavy atom. The zero-order chi connectivity index (χ0) is 19.6. The Morgan fingerprint density at radius 2 is 1.82 bits per heavy atom. The number of nitrogens with zero attached hydrogens (tertiary/aromatic N) is 1. The summed E-state index contributed by atoms with van der Waals surface area (Å²) in [4.78, 5) is 17.4. The molecule has 0 unspecified atom stereocenters. The average molecular weight is 413 g/mol. The van der Waals surface area contributed by atoms with Crippen LogP contribution in [0.3, 0.4) is 0 Å². The zero-order valence-corrected chi connectivity index (χ0v) is 16.9. The first-order valence-corrected chi connectivity index (χ1v) is 11.1. The summed E-state index contributed by atoms with van der Waals surface area (Å²) in [6.07, 6.45) is 3.62. The van der Waals surface area contributed by atoms with E-state index in [9.17, 15) is 9.18 Å². The number of aromatic nitrogens is 1. The molecule has 2 aromatic carbocycles. The lowest BCUT2D eigenvalue weighted by molar-refractivity contribution is 0.0956. The van der Waals surface area contributed by atoms with Crippen LogP contribution in [0.25, 0.3) is 0 Å². The average Bonchev–Trinajstić information content (AvgIpc) is 2.74. The molecule has 0 aliphatic heterocycles. The molecule has 0 bridgehead atoms. The molecular formula is C22H21FN2OS2. The minimum atomic E-state index is -0.180. The fourth-order valence-corrected chi connectivity index (χ4v) is 4.17. The number of hydrogen-bond donors (Lipinski definition) is 1. The van der Waals surface area contributed by atoms with E-state index >= 15 is 0 Å². The number of hydrogen-bond acceptors (Lipinski definition) is 4. The van der Waals surface area contributed by atoms with Crippen molar-refractivity contribution in [3.8, 4) is 0 Å². The number of benzene rings is 2. The van der Waals surface area contributed by atoms with Crippen molar-refractivity contribution >= 4 is 29.4 Å². The van der Waals surface area contributed by atoms with Gasteiger partial charge < -0.3 is 5.32 Å². The molecule has 6 heteroatoms. The number of nitrogens with one attached hydrogen (secondary N) is 1. The van der Waals surface area contributed by atoms with Crippen molar-refractivity contribution in [1.82, 2.24) is 10.3 Å². The molecule has 1 N–H and O–H groups in total. The number of rotatable bonds is 9. The molecule has 0 saturated carbocycles. The summed E-state index contributed by atoms with van der Waals surface area (Å²) >= 11 is 3.31. The molecule has 0 aliphatic carbocycles. The van der Waals surface area contributed by atoms with Crippen molar-refractivity contribution in [3.05, 3.63) is 95.6 Å². The minimum absolute atomic E-state index is 0.0877. The van der Waals surface area contributed by atoms with E-state index in [2.05, 4.69) is 10.3 Å². The van der Waals surface area contributed by atoms with Crippen molar-refractivity contribution in [3.63, 3.8) is 0 Å². The van der Waals surface area contributed by atoms with Gasteiger partial charge in [0.15, 0.2) is 0 Å². The first-order valence-electron chi connectivity index (χ1n) is 8.93. The maximum absolute atomic E-state index is 13.5. The van der Waals surface area contributed by atoms with E-state index < -0.39 is 0 Å². The van der Waals surface area contributed by atoms with E-state index in [0.717, 1.165) is 16.4 Å². The molecule has 3 aromatic rings. The monoisotopic (exact) mass is 412 g/mol. The number of carbonyl (C=O) groups is 1. The molecule has 0 fully saturated rings. The molecule has 144 valence electrons. The van der Waals surface area contributed by atoms with Crippen LogP contribution in [-0.2, 0) is 11.5 Å². The van der Waals surface area contributed by atoms with E-state index in [-0.39, 0.29) is 11.7 Å². The van der Waals surface area contributed by atoms with Crippen LogP contribution in [-0.4, -0.2) is 23.2 Å². The summed E-state index contributed by atoms with van der Waals surface area (Å²) < 4.78 is 13.5. The second-order valence-corrected chi connectivity index (χ2v) is 8.23. The summed E-state index contributed by atoms with van der Waals surface area (Å²) in [5.41, 5.74) is 2.50. The number of thioether (sulfide) groups is 2. The zero-order valence-electron chi connectivity index (χ0n) is 15.3. The van der Waals surface area contributed by atoms with Crippen molar-refractivity contribution in [2.45, 2.75) is 16.4 Å². The van der Waals surface area contributed by atoms with Gasteiger partial charge in [-0.25, -0.2) is 4.39 Å². The van der Waals surface area contributed by atoms with Gasteiger partial charge >= 0.3 is 0 Å². The largest absolute Gasteiger partial charge is 0.351 e. The van der Waals surface area contributed by atoms with Gasteiger partial charge in [-0.05, 0) is 47.5 Å². The Hall–Kier alpha value is -2.31. The molecule has 28 heavy (non-hydrogen) atoms. The lowest BCUT2D eigenvalue weighted by Gasteiger charge is -2.07. The summed E-state index contributed by atoms with van der Waals surface area (Å²) in [6.45, 7) is 0.551. The summed E-state index contributed by atoms with van der Waals surface area (Å²) in [7, 11) is 0. The Labute approximate surface area is 173 Å². The topological polar surface area (TPSA) is 42.0 Å². The van der Waals surface area contributed by atoms with Gasteiger partial charge in [0.1, 0.15) is 5.82 Å². The van der Waals surface area contributed by atoms with E-state index in [1.54, 1.807) is 41.9 Å². The smallest absolute Gasteiger partial charge is 0.251 e. The van der Waals surface area contributed by atoms with Crippen molar-refractivity contribution in [2.24, 2.45) is 0 Å². The molecule has 0 radical (unpaired) electrons. The van der Waals surface area contributed by atoms with Gasteiger partial charge in [-0.2, -0.15) is 11.8 Å². The third kappa shape index (κ3) is 6.39. The first kappa shape index (κ1) is 20.4. The van der Waals surface area contributed by atoms with Crippen molar-refractivity contribution in [2.75, 3.05) is 12.3 Å². The van der Waals surface area contributed by atoms with Crippen LogP contribution < -0.4 is 5.32 Å². The second kappa shape index (κ2) is 10.9. The minimum Gasteiger partial charge on any atom is -0.351 e. The fraction of sp³-hybridized carbons (Fsp3) is 0.182. The Bertz CT molecular complexity index is 889. The number of amides is 1. The molecule has 3 rings (SSSR count). The Balaban J connectivity index is 1.38. The molecule has 0 aliphatic rings. The van der Waals surface area contributed by atoms with Gasteiger partial charge in [0.2, 0.25) is 0 Å². The molecular weight excluding hydrogens is 391 g/mol. The quantitative estimate of drug-likeness (QED) is 0.389. The number of carbonyl (C=O) groups excluding carboxylic acids is 1. The second-order valence-electron chi connectivity index (χ2n) is 6.07. The Kier molecular flexibility index (Phi) is 7.94. The van der Waals surface area contributed by atoms with Gasteiger partial charge in [0.25, 0.3) is 5.91 Å². The highest BCUT2D eigenvalue weighted by molar-refractivity contribution is 7.98. The first-order chi connectivity index (χ1) is 13.7. The molecule has 0 spiro atoms. The Morgan fingerprint density at radius 3 is 2.57 bits per heavy atom. The van der Waals surface area contributed by atoms with Crippen molar-refractivity contribution < 1.29 is 9.18 Å². The van der Waals surface area contributed by atoms with Gasteiger partial charge in [-0.15, -0.1) is 11.8 Å². The maximum atomic E-state index is 13.5. The van der Waals surface area contributed by atoms with Crippen LogP contribution in [0.4, 0.5) is 4.39 Å². The van der Waals surface area contributed by atoms with Gasteiger partial charge in [-0.1, -0.05) is 24.3 Å². The van der Waals surface area contributed by atoms with E-state index in [1.165, 1.54) is 11.6 Å². The lowest BCUT2D eigenvalue weighted by Crippen LogP contribution is -2.25. The summed E-state index contributed by atoms with van der Waals surface area (Å²) in [5, 5.41) is 2.91. The van der Waals surface area contributed by atoms with Gasteiger partial charge in [0.05, 0.1) is 0 Å². The van der Waals surface area contributed by atoms with Crippen LogP contribution >= 0.6 is 23.5 Å². The van der Waals surface area contributed by atoms with E-state index in [1.807, 2.05) is 48.7 Å². The highest BCUT2D eigenvalue weighted by Crippen LogP contribution is 2.22. The number of halogens is 1. The number of pyridine rings is 1. The van der Waals surface area contributed by atoms with Gasteiger partial charge in [0, 0.05) is 46.7 Å². The molecule has 0 atom stereocenters. The SMILES string of the molecule is O=C(NCCSCc1ccccc1F)c1ccc(SCc2cccnc2)cc1.